The highest BCUT2D eigenvalue weighted by atomic mass is 79.9. The van der Waals surface area contributed by atoms with E-state index in [1.54, 1.807) is 18.9 Å². The second-order valence-corrected chi connectivity index (χ2v) is 6.84. The Labute approximate surface area is 157 Å². The maximum absolute atomic E-state index is 12.8. The molecule has 0 fully saturated rings. The van der Waals surface area contributed by atoms with Gasteiger partial charge < -0.3 is 10.2 Å². The van der Waals surface area contributed by atoms with E-state index in [0.29, 0.717) is 19.4 Å². The summed E-state index contributed by atoms with van der Waals surface area (Å²) in [5.41, 5.74) is 2.11. The predicted octanol–water partition coefficient (Wildman–Crippen LogP) is 3.55. The molecule has 0 aliphatic rings. The molecule has 2 amide bonds. The van der Waals surface area contributed by atoms with Gasteiger partial charge in [-0.05, 0) is 36.6 Å². The van der Waals surface area contributed by atoms with E-state index in [1.807, 2.05) is 54.6 Å². The molecule has 2 rings (SSSR count). The summed E-state index contributed by atoms with van der Waals surface area (Å²) in [6.07, 6.45) is 1.04. The zero-order valence-electron chi connectivity index (χ0n) is 14.5. The SMILES string of the molecule is CNC(=O)[C@H](C)N(Cc1ccc(Br)cc1)C(=O)CCc1ccccc1. The fourth-order valence-electron chi connectivity index (χ4n) is 2.62. The van der Waals surface area contributed by atoms with E-state index in [2.05, 4.69) is 21.2 Å². The van der Waals surface area contributed by atoms with Crippen LogP contribution < -0.4 is 5.32 Å². The quantitative estimate of drug-likeness (QED) is 0.769. The molecular formula is C20H23BrN2O2. The first-order valence-electron chi connectivity index (χ1n) is 8.30. The number of hydrogen-bond acceptors (Lipinski definition) is 2. The summed E-state index contributed by atoms with van der Waals surface area (Å²) in [7, 11) is 1.59. The van der Waals surface area contributed by atoms with Crippen LogP contribution in [0.2, 0.25) is 0 Å². The molecule has 0 radical (unpaired) electrons. The first-order chi connectivity index (χ1) is 12.0. The summed E-state index contributed by atoms with van der Waals surface area (Å²) in [5, 5.41) is 2.63. The number of halogens is 1. The molecule has 1 N–H and O–H groups in total. The van der Waals surface area contributed by atoms with Crippen molar-refractivity contribution >= 4 is 27.7 Å². The molecule has 2 aromatic carbocycles. The van der Waals surface area contributed by atoms with Crippen molar-refractivity contribution in [1.82, 2.24) is 10.2 Å². The van der Waals surface area contributed by atoms with Gasteiger partial charge in [0.15, 0.2) is 0 Å². The first kappa shape index (κ1) is 19.2. The number of likely N-dealkylation sites (N-methyl/N-ethyl adjacent to an activating group) is 1. The Balaban J connectivity index is 2.10. The second-order valence-electron chi connectivity index (χ2n) is 5.92. The van der Waals surface area contributed by atoms with Crippen LogP contribution >= 0.6 is 15.9 Å². The maximum Gasteiger partial charge on any atom is 0.242 e. The molecule has 0 saturated heterocycles. The van der Waals surface area contributed by atoms with Crippen molar-refractivity contribution in [3.05, 3.63) is 70.2 Å². The Morgan fingerprint density at radius 1 is 1.04 bits per heavy atom. The van der Waals surface area contributed by atoms with E-state index in [4.69, 9.17) is 0 Å². The second kappa shape index (κ2) is 9.37. The van der Waals surface area contributed by atoms with Crippen LogP contribution in [0.4, 0.5) is 0 Å². The number of aryl methyl sites for hydroxylation is 1. The fourth-order valence-corrected chi connectivity index (χ4v) is 2.88. The van der Waals surface area contributed by atoms with Gasteiger partial charge in [0.1, 0.15) is 6.04 Å². The van der Waals surface area contributed by atoms with Crippen LogP contribution in [0.1, 0.15) is 24.5 Å². The van der Waals surface area contributed by atoms with Gasteiger partial charge in [-0.25, -0.2) is 0 Å². The summed E-state index contributed by atoms with van der Waals surface area (Å²) in [4.78, 5) is 26.5. The molecule has 0 aliphatic heterocycles. The lowest BCUT2D eigenvalue weighted by Crippen LogP contribution is -2.46. The highest BCUT2D eigenvalue weighted by Crippen LogP contribution is 2.15. The third kappa shape index (κ3) is 5.71. The number of hydrogen-bond donors (Lipinski definition) is 1. The predicted molar refractivity (Wildman–Crippen MR) is 103 cm³/mol. The average molecular weight is 403 g/mol. The van der Waals surface area contributed by atoms with E-state index in [1.165, 1.54) is 0 Å². The maximum atomic E-state index is 12.8. The Hall–Kier alpha value is -2.14. The van der Waals surface area contributed by atoms with E-state index in [0.717, 1.165) is 15.6 Å². The first-order valence-corrected chi connectivity index (χ1v) is 9.10. The molecule has 0 heterocycles. The van der Waals surface area contributed by atoms with Gasteiger partial charge in [-0.2, -0.15) is 0 Å². The average Bonchev–Trinajstić information content (AvgIpc) is 2.65. The van der Waals surface area contributed by atoms with Crippen molar-refractivity contribution < 1.29 is 9.59 Å². The molecule has 5 heteroatoms. The molecule has 0 saturated carbocycles. The number of carbonyl (C=O) groups is 2. The standard InChI is InChI=1S/C20H23BrN2O2/c1-15(20(25)22-2)23(14-17-8-11-18(21)12-9-17)19(24)13-10-16-6-4-3-5-7-16/h3-9,11-12,15H,10,13-14H2,1-2H3,(H,22,25)/t15-/m0/s1. The highest BCUT2D eigenvalue weighted by Gasteiger charge is 2.25. The molecule has 0 spiro atoms. The smallest absolute Gasteiger partial charge is 0.242 e. The van der Waals surface area contributed by atoms with Crippen molar-refractivity contribution in [2.24, 2.45) is 0 Å². The normalized spacial score (nSPS) is 11.6. The zero-order valence-corrected chi connectivity index (χ0v) is 16.1. The third-order valence-electron chi connectivity index (χ3n) is 4.15. The number of benzene rings is 2. The Kier molecular flexibility index (Phi) is 7.19. The van der Waals surface area contributed by atoms with Crippen molar-refractivity contribution in [2.45, 2.75) is 32.4 Å². The van der Waals surface area contributed by atoms with Gasteiger partial charge in [-0.15, -0.1) is 0 Å². The van der Waals surface area contributed by atoms with Crippen molar-refractivity contribution in [3.8, 4) is 0 Å². The lowest BCUT2D eigenvalue weighted by Gasteiger charge is -2.28. The minimum atomic E-state index is -0.517. The minimum absolute atomic E-state index is 0.0251. The lowest BCUT2D eigenvalue weighted by atomic mass is 10.1. The monoisotopic (exact) mass is 402 g/mol. The Bertz CT molecular complexity index is 701. The van der Waals surface area contributed by atoms with Crippen LogP contribution in [0.25, 0.3) is 0 Å². The number of nitrogens with zero attached hydrogens (tertiary/aromatic N) is 1. The van der Waals surface area contributed by atoms with Crippen LogP contribution in [0, 0.1) is 0 Å². The number of carbonyl (C=O) groups excluding carboxylic acids is 2. The molecule has 0 aliphatic carbocycles. The van der Waals surface area contributed by atoms with Gasteiger partial charge in [0.05, 0.1) is 0 Å². The van der Waals surface area contributed by atoms with Crippen molar-refractivity contribution in [2.75, 3.05) is 7.05 Å². The van der Waals surface area contributed by atoms with Gasteiger partial charge in [-0.3, -0.25) is 9.59 Å². The van der Waals surface area contributed by atoms with Gasteiger partial charge in [0, 0.05) is 24.5 Å². The van der Waals surface area contributed by atoms with E-state index >= 15 is 0 Å². The molecule has 0 bridgehead atoms. The number of amides is 2. The molecule has 4 nitrogen and oxygen atoms in total. The number of nitrogens with one attached hydrogen (secondary N) is 1. The highest BCUT2D eigenvalue weighted by molar-refractivity contribution is 9.10. The summed E-state index contributed by atoms with van der Waals surface area (Å²) in [5.74, 6) is -0.187. The fraction of sp³-hybridized carbons (Fsp3) is 0.300. The van der Waals surface area contributed by atoms with Gasteiger partial charge in [0.25, 0.3) is 0 Å². The molecule has 132 valence electrons. The minimum Gasteiger partial charge on any atom is -0.357 e. The van der Waals surface area contributed by atoms with Crippen LogP contribution in [0.3, 0.4) is 0 Å². The Morgan fingerprint density at radius 2 is 1.68 bits per heavy atom. The topological polar surface area (TPSA) is 49.4 Å². The molecule has 0 unspecified atom stereocenters. The number of rotatable bonds is 7. The largest absolute Gasteiger partial charge is 0.357 e. The third-order valence-corrected chi connectivity index (χ3v) is 4.68. The lowest BCUT2D eigenvalue weighted by molar-refractivity contribution is -0.140. The molecule has 0 aromatic heterocycles. The summed E-state index contributed by atoms with van der Waals surface area (Å²) >= 11 is 3.41. The molecule has 25 heavy (non-hydrogen) atoms. The zero-order chi connectivity index (χ0) is 18.2. The van der Waals surface area contributed by atoms with Crippen LogP contribution in [0.15, 0.2) is 59.1 Å². The summed E-state index contributed by atoms with van der Waals surface area (Å²) < 4.78 is 0.984. The molecular weight excluding hydrogens is 380 g/mol. The summed E-state index contributed by atoms with van der Waals surface area (Å²) in [6, 6.07) is 17.2. The van der Waals surface area contributed by atoms with Crippen LogP contribution in [-0.2, 0) is 22.6 Å². The van der Waals surface area contributed by atoms with Gasteiger partial charge in [-0.1, -0.05) is 58.4 Å². The van der Waals surface area contributed by atoms with E-state index in [-0.39, 0.29) is 11.8 Å². The molecule has 2 aromatic rings. The van der Waals surface area contributed by atoms with Crippen LogP contribution in [0.5, 0.6) is 0 Å². The molecule has 1 atom stereocenters. The van der Waals surface area contributed by atoms with E-state index < -0.39 is 6.04 Å². The van der Waals surface area contributed by atoms with Crippen LogP contribution in [-0.4, -0.2) is 29.8 Å². The van der Waals surface area contributed by atoms with E-state index in [9.17, 15) is 9.59 Å². The van der Waals surface area contributed by atoms with Crippen molar-refractivity contribution in [3.63, 3.8) is 0 Å². The van der Waals surface area contributed by atoms with Crippen molar-refractivity contribution in [1.29, 1.82) is 0 Å². The Morgan fingerprint density at radius 3 is 2.28 bits per heavy atom. The van der Waals surface area contributed by atoms with Gasteiger partial charge in [0.2, 0.25) is 11.8 Å². The van der Waals surface area contributed by atoms with Gasteiger partial charge >= 0.3 is 0 Å². The summed E-state index contributed by atoms with van der Waals surface area (Å²) in [6.45, 7) is 2.17.